The Morgan fingerprint density at radius 2 is 1.82 bits per heavy atom. The van der Waals surface area contributed by atoms with Crippen LogP contribution in [0, 0.1) is 0 Å². The van der Waals surface area contributed by atoms with Crippen molar-refractivity contribution in [3.63, 3.8) is 0 Å². The van der Waals surface area contributed by atoms with Crippen LogP contribution in [0.5, 0.6) is 11.5 Å². The lowest BCUT2D eigenvalue weighted by Crippen LogP contribution is -2.30. The van der Waals surface area contributed by atoms with E-state index in [2.05, 4.69) is 5.10 Å². The quantitative estimate of drug-likeness (QED) is 0.361. The SMILES string of the molecule is COc1ccc(CCN(C)C(=O)c2cc(-c3ccco3)nn2-c2ccc(Cl)cc2)cc1OC. The van der Waals surface area contributed by atoms with Crippen molar-refractivity contribution in [2.24, 2.45) is 0 Å². The van der Waals surface area contributed by atoms with E-state index in [-0.39, 0.29) is 5.91 Å². The van der Waals surface area contributed by atoms with Gasteiger partial charge in [-0.05, 0) is 60.5 Å². The van der Waals surface area contributed by atoms with Crippen LogP contribution in [0.15, 0.2) is 71.3 Å². The molecule has 0 aliphatic rings. The smallest absolute Gasteiger partial charge is 0.272 e. The molecule has 0 atom stereocenters. The van der Waals surface area contributed by atoms with E-state index < -0.39 is 0 Å². The Morgan fingerprint density at radius 3 is 2.48 bits per heavy atom. The predicted molar refractivity (Wildman–Crippen MR) is 126 cm³/mol. The zero-order valence-corrected chi connectivity index (χ0v) is 19.4. The summed E-state index contributed by atoms with van der Waals surface area (Å²) in [5.74, 6) is 1.76. The monoisotopic (exact) mass is 465 g/mol. The third kappa shape index (κ3) is 4.88. The highest BCUT2D eigenvalue weighted by atomic mass is 35.5. The molecule has 4 rings (SSSR count). The van der Waals surface area contributed by atoms with Crippen LogP contribution in [0.25, 0.3) is 17.1 Å². The molecule has 0 N–H and O–H groups in total. The number of carbonyl (C=O) groups excluding carboxylic acids is 1. The summed E-state index contributed by atoms with van der Waals surface area (Å²) in [4.78, 5) is 15.1. The first-order chi connectivity index (χ1) is 16.0. The second kappa shape index (κ2) is 9.83. The zero-order chi connectivity index (χ0) is 23.4. The van der Waals surface area contributed by atoms with Crippen molar-refractivity contribution in [3.05, 3.63) is 83.2 Å². The lowest BCUT2D eigenvalue weighted by Gasteiger charge is -2.18. The predicted octanol–water partition coefficient (Wildman–Crippen LogP) is 5.12. The molecule has 2 heterocycles. The van der Waals surface area contributed by atoms with Gasteiger partial charge >= 0.3 is 0 Å². The average molecular weight is 466 g/mol. The van der Waals surface area contributed by atoms with Gasteiger partial charge in [-0.25, -0.2) is 4.68 Å². The normalized spacial score (nSPS) is 10.8. The number of hydrogen-bond acceptors (Lipinski definition) is 5. The Kier molecular flexibility index (Phi) is 6.70. The first kappa shape index (κ1) is 22.5. The van der Waals surface area contributed by atoms with E-state index in [1.165, 1.54) is 0 Å². The second-order valence-corrected chi connectivity index (χ2v) is 7.88. The largest absolute Gasteiger partial charge is 0.493 e. The standard InChI is InChI=1S/C25H24ClN3O4/c1-28(13-12-17-6-11-23(31-2)24(15-17)32-3)25(30)21-16-20(22-5-4-14-33-22)27-29(21)19-9-7-18(26)8-10-19/h4-11,14-16H,12-13H2,1-3H3. The van der Waals surface area contributed by atoms with Crippen LogP contribution in [-0.2, 0) is 6.42 Å². The number of aromatic nitrogens is 2. The maximum atomic E-state index is 13.4. The summed E-state index contributed by atoms with van der Waals surface area (Å²) in [6, 6.07) is 18.3. The number of furan rings is 1. The minimum atomic E-state index is -0.157. The summed E-state index contributed by atoms with van der Waals surface area (Å²) >= 11 is 6.04. The molecule has 0 radical (unpaired) electrons. The van der Waals surface area contributed by atoms with Gasteiger partial charge in [0.15, 0.2) is 17.3 Å². The molecule has 1 amide bonds. The highest BCUT2D eigenvalue weighted by Crippen LogP contribution is 2.28. The van der Waals surface area contributed by atoms with Gasteiger partial charge in [-0.3, -0.25) is 4.79 Å². The van der Waals surface area contributed by atoms with Gasteiger partial charge in [0.25, 0.3) is 5.91 Å². The van der Waals surface area contributed by atoms with E-state index in [0.717, 1.165) is 11.3 Å². The minimum absolute atomic E-state index is 0.157. The van der Waals surface area contributed by atoms with Crippen LogP contribution in [0.2, 0.25) is 5.02 Å². The molecular formula is C25H24ClN3O4. The molecule has 170 valence electrons. The van der Waals surface area contributed by atoms with Gasteiger partial charge in [-0.15, -0.1) is 0 Å². The zero-order valence-electron chi connectivity index (χ0n) is 18.6. The number of methoxy groups -OCH3 is 2. The molecule has 0 spiro atoms. The maximum Gasteiger partial charge on any atom is 0.272 e. The van der Waals surface area contributed by atoms with Crippen molar-refractivity contribution in [1.29, 1.82) is 0 Å². The fourth-order valence-electron chi connectivity index (χ4n) is 3.49. The number of hydrogen-bond donors (Lipinski definition) is 0. The first-order valence-corrected chi connectivity index (χ1v) is 10.7. The van der Waals surface area contributed by atoms with Crippen LogP contribution >= 0.6 is 11.6 Å². The molecule has 33 heavy (non-hydrogen) atoms. The number of rotatable bonds is 8. The first-order valence-electron chi connectivity index (χ1n) is 10.4. The molecule has 0 bridgehead atoms. The number of nitrogens with zero attached hydrogens (tertiary/aromatic N) is 3. The molecule has 0 saturated heterocycles. The Morgan fingerprint density at radius 1 is 1.06 bits per heavy atom. The Labute approximate surface area is 197 Å². The highest BCUT2D eigenvalue weighted by molar-refractivity contribution is 6.30. The molecule has 0 unspecified atom stereocenters. The molecule has 0 aliphatic carbocycles. The summed E-state index contributed by atoms with van der Waals surface area (Å²) in [6.45, 7) is 0.510. The van der Waals surface area contributed by atoms with E-state index in [9.17, 15) is 4.79 Å². The van der Waals surface area contributed by atoms with Crippen LogP contribution < -0.4 is 9.47 Å². The Balaban J connectivity index is 1.58. The molecule has 0 aliphatic heterocycles. The summed E-state index contributed by atoms with van der Waals surface area (Å²) in [7, 11) is 4.98. The molecule has 0 saturated carbocycles. The number of likely N-dealkylation sites (N-methyl/N-ethyl adjacent to an activating group) is 1. The molecule has 0 fully saturated rings. The van der Waals surface area contributed by atoms with Crippen molar-refractivity contribution in [3.8, 4) is 28.6 Å². The number of halogens is 1. The lowest BCUT2D eigenvalue weighted by molar-refractivity contribution is 0.0787. The van der Waals surface area contributed by atoms with E-state index in [1.807, 2.05) is 36.4 Å². The van der Waals surface area contributed by atoms with E-state index in [4.69, 9.17) is 25.5 Å². The van der Waals surface area contributed by atoms with Gasteiger partial charge in [0.1, 0.15) is 11.4 Å². The Bertz CT molecular complexity index is 1230. The number of amides is 1. The van der Waals surface area contributed by atoms with Crippen molar-refractivity contribution in [2.45, 2.75) is 6.42 Å². The highest BCUT2D eigenvalue weighted by Gasteiger charge is 2.22. The van der Waals surface area contributed by atoms with Crippen molar-refractivity contribution in [2.75, 3.05) is 27.8 Å². The summed E-state index contributed by atoms with van der Waals surface area (Å²) in [6.07, 6.45) is 2.23. The fraction of sp³-hybridized carbons (Fsp3) is 0.200. The van der Waals surface area contributed by atoms with Crippen molar-refractivity contribution < 1.29 is 18.7 Å². The summed E-state index contributed by atoms with van der Waals surface area (Å²) in [5.41, 5.74) is 2.77. The second-order valence-electron chi connectivity index (χ2n) is 7.45. The number of benzene rings is 2. The van der Waals surface area contributed by atoms with Gasteiger partial charge < -0.3 is 18.8 Å². The summed E-state index contributed by atoms with van der Waals surface area (Å²) in [5, 5.41) is 5.23. The van der Waals surface area contributed by atoms with Crippen molar-refractivity contribution in [1.82, 2.24) is 14.7 Å². The third-order valence-corrected chi connectivity index (χ3v) is 5.56. The van der Waals surface area contributed by atoms with Crippen molar-refractivity contribution >= 4 is 17.5 Å². The molecular weight excluding hydrogens is 442 g/mol. The van der Waals surface area contributed by atoms with E-state index >= 15 is 0 Å². The molecule has 2 aromatic heterocycles. The van der Waals surface area contributed by atoms with Crippen LogP contribution in [0.4, 0.5) is 0 Å². The number of ether oxygens (including phenoxy) is 2. The van der Waals surface area contributed by atoms with Gasteiger partial charge in [0.2, 0.25) is 0 Å². The number of carbonyl (C=O) groups is 1. The van der Waals surface area contributed by atoms with Crippen LogP contribution in [0.3, 0.4) is 0 Å². The fourth-order valence-corrected chi connectivity index (χ4v) is 3.61. The molecule has 8 heteroatoms. The Hall–Kier alpha value is -3.71. The molecule has 2 aromatic carbocycles. The van der Waals surface area contributed by atoms with Gasteiger partial charge in [0, 0.05) is 24.7 Å². The molecule has 7 nitrogen and oxygen atoms in total. The lowest BCUT2D eigenvalue weighted by atomic mass is 10.1. The van der Waals surface area contributed by atoms with E-state index in [1.54, 1.807) is 61.4 Å². The van der Waals surface area contributed by atoms with Crippen LogP contribution in [0.1, 0.15) is 16.1 Å². The average Bonchev–Trinajstić information content (AvgIpc) is 3.52. The minimum Gasteiger partial charge on any atom is -0.493 e. The third-order valence-electron chi connectivity index (χ3n) is 5.30. The summed E-state index contributed by atoms with van der Waals surface area (Å²) < 4.78 is 17.8. The molecule has 4 aromatic rings. The van der Waals surface area contributed by atoms with Gasteiger partial charge in [-0.1, -0.05) is 17.7 Å². The van der Waals surface area contributed by atoms with Crippen LogP contribution in [-0.4, -0.2) is 48.4 Å². The van der Waals surface area contributed by atoms with E-state index in [0.29, 0.717) is 46.6 Å². The van der Waals surface area contributed by atoms with Gasteiger partial charge in [0.05, 0.1) is 26.2 Å². The maximum absolute atomic E-state index is 13.4. The topological polar surface area (TPSA) is 69.7 Å². The van der Waals surface area contributed by atoms with Gasteiger partial charge in [-0.2, -0.15) is 5.10 Å².